The van der Waals surface area contributed by atoms with Crippen LogP contribution in [0.4, 0.5) is 0 Å². The number of ether oxygens (including phenoxy) is 3. The van der Waals surface area contributed by atoms with Crippen LogP contribution in [0.5, 0.6) is 0 Å². The van der Waals surface area contributed by atoms with Crippen molar-refractivity contribution in [3.05, 3.63) is 48.6 Å². The molecule has 1 atom stereocenters. The molecule has 0 aliphatic carbocycles. The minimum atomic E-state index is -0.781. The molecule has 0 saturated heterocycles. The van der Waals surface area contributed by atoms with Crippen molar-refractivity contribution in [1.82, 2.24) is 0 Å². The second kappa shape index (κ2) is 46.1. The van der Waals surface area contributed by atoms with E-state index in [2.05, 4.69) is 69.4 Å². The summed E-state index contributed by atoms with van der Waals surface area (Å²) < 4.78 is 16.7. The van der Waals surface area contributed by atoms with Gasteiger partial charge in [0.15, 0.2) is 6.10 Å². The lowest BCUT2D eigenvalue weighted by Gasteiger charge is -2.18. The number of hydrogen-bond acceptors (Lipinski definition) is 6. The zero-order chi connectivity index (χ0) is 41.5. The summed E-state index contributed by atoms with van der Waals surface area (Å²) in [6.45, 7) is 6.50. The van der Waals surface area contributed by atoms with Crippen molar-refractivity contribution in [3.8, 4) is 0 Å². The molecular formula is C51H90O6. The van der Waals surface area contributed by atoms with Gasteiger partial charge in [-0.25, -0.2) is 0 Å². The second-order valence-corrected chi connectivity index (χ2v) is 16.0. The summed E-state index contributed by atoms with van der Waals surface area (Å²) in [4.78, 5) is 37.7. The largest absolute Gasteiger partial charge is 0.462 e. The summed E-state index contributed by atoms with van der Waals surface area (Å²) in [6.07, 6.45) is 53.8. The molecule has 57 heavy (non-hydrogen) atoms. The van der Waals surface area contributed by atoms with E-state index in [9.17, 15) is 14.4 Å². The molecule has 6 heteroatoms. The highest BCUT2D eigenvalue weighted by Crippen LogP contribution is 2.14. The fourth-order valence-corrected chi connectivity index (χ4v) is 6.57. The van der Waals surface area contributed by atoms with Crippen molar-refractivity contribution in [2.45, 2.75) is 245 Å². The second-order valence-electron chi connectivity index (χ2n) is 16.0. The van der Waals surface area contributed by atoms with Gasteiger partial charge in [0.1, 0.15) is 13.2 Å². The molecular weight excluding hydrogens is 709 g/mol. The molecule has 0 aromatic heterocycles. The number of esters is 3. The fourth-order valence-electron chi connectivity index (χ4n) is 6.57. The minimum absolute atomic E-state index is 0.0829. The smallest absolute Gasteiger partial charge is 0.306 e. The first-order valence-electron chi connectivity index (χ1n) is 24.2. The summed E-state index contributed by atoms with van der Waals surface area (Å²) in [5, 5.41) is 0. The molecule has 0 radical (unpaired) electrons. The quantitative estimate of drug-likeness (QED) is 0.0201. The van der Waals surface area contributed by atoms with Gasteiger partial charge in [-0.1, -0.05) is 185 Å². The van der Waals surface area contributed by atoms with Crippen LogP contribution in [-0.2, 0) is 28.6 Å². The molecule has 0 amide bonds. The van der Waals surface area contributed by atoms with Crippen LogP contribution in [0.2, 0.25) is 0 Å². The monoisotopic (exact) mass is 799 g/mol. The van der Waals surface area contributed by atoms with E-state index in [0.717, 1.165) is 96.3 Å². The zero-order valence-electron chi connectivity index (χ0n) is 37.6. The summed E-state index contributed by atoms with van der Waals surface area (Å²) in [5.41, 5.74) is 0. The first-order valence-corrected chi connectivity index (χ1v) is 24.2. The highest BCUT2D eigenvalue weighted by atomic mass is 16.6. The summed E-state index contributed by atoms with van der Waals surface area (Å²) in [7, 11) is 0. The maximum atomic E-state index is 12.7. The van der Waals surface area contributed by atoms with E-state index in [1.165, 1.54) is 103 Å². The Morgan fingerprint density at radius 3 is 1.04 bits per heavy atom. The van der Waals surface area contributed by atoms with Gasteiger partial charge in [0.25, 0.3) is 0 Å². The first kappa shape index (κ1) is 54.4. The van der Waals surface area contributed by atoms with Gasteiger partial charge < -0.3 is 14.2 Å². The van der Waals surface area contributed by atoms with E-state index >= 15 is 0 Å². The number of carbonyl (C=O) groups excluding carboxylic acids is 3. The lowest BCUT2D eigenvalue weighted by atomic mass is 10.1. The van der Waals surface area contributed by atoms with Gasteiger partial charge >= 0.3 is 17.9 Å². The lowest BCUT2D eigenvalue weighted by molar-refractivity contribution is -0.167. The molecule has 0 aromatic rings. The predicted molar refractivity (Wildman–Crippen MR) is 242 cm³/mol. The Labute approximate surface area is 352 Å². The standard InChI is InChI=1S/C51H90O6/c1-4-7-10-13-16-19-22-23-24-25-26-27-28-29-30-33-35-38-41-44-50(53)56-47-48(57-51(54)45-42-39-36-32-21-18-15-12-9-6-3)46-55-49(52)43-40-37-34-31-20-17-14-11-8-5-2/h14-19,22-23,48H,4-13,20-21,24-47H2,1-3H3/b17-14-,18-15-,19-16-,23-22-. The van der Waals surface area contributed by atoms with Gasteiger partial charge in [0, 0.05) is 19.3 Å². The molecule has 330 valence electrons. The number of carbonyl (C=O) groups is 3. The number of unbranched alkanes of at least 4 members (excludes halogenated alkanes) is 25. The maximum absolute atomic E-state index is 12.7. The minimum Gasteiger partial charge on any atom is -0.462 e. The van der Waals surface area contributed by atoms with Crippen molar-refractivity contribution in [2.75, 3.05) is 13.2 Å². The van der Waals surface area contributed by atoms with Gasteiger partial charge in [-0.15, -0.1) is 0 Å². The average molecular weight is 799 g/mol. The lowest BCUT2D eigenvalue weighted by Crippen LogP contribution is -2.30. The van der Waals surface area contributed by atoms with Crippen LogP contribution in [-0.4, -0.2) is 37.2 Å². The molecule has 1 unspecified atom stereocenters. The summed E-state index contributed by atoms with van der Waals surface area (Å²) in [6, 6.07) is 0. The van der Waals surface area contributed by atoms with Gasteiger partial charge in [0.05, 0.1) is 0 Å². The van der Waals surface area contributed by atoms with E-state index < -0.39 is 6.10 Å². The molecule has 0 aliphatic heterocycles. The van der Waals surface area contributed by atoms with Crippen molar-refractivity contribution in [2.24, 2.45) is 0 Å². The highest BCUT2D eigenvalue weighted by molar-refractivity contribution is 5.71. The molecule has 0 heterocycles. The van der Waals surface area contributed by atoms with E-state index in [1.807, 2.05) is 0 Å². The first-order chi connectivity index (χ1) is 28.0. The molecule has 0 aliphatic rings. The molecule has 0 bridgehead atoms. The molecule has 0 saturated carbocycles. The molecule has 6 nitrogen and oxygen atoms in total. The van der Waals surface area contributed by atoms with Crippen LogP contribution in [0.1, 0.15) is 239 Å². The van der Waals surface area contributed by atoms with Crippen LogP contribution in [0, 0.1) is 0 Å². The van der Waals surface area contributed by atoms with Crippen LogP contribution >= 0.6 is 0 Å². The van der Waals surface area contributed by atoms with Crippen molar-refractivity contribution >= 4 is 17.9 Å². The normalized spacial score (nSPS) is 12.4. The third-order valence-electron chi connectivity index (χ3n) is 10.3. The zero-order valence-corrected chi connectivity index (χ0v) is 37.6. The van der Waals surface area contributed by atoms with Crippen molar-refractivity contribution in [1.29, 1.82) is 0 Å². The molecule has 0 rings (SSSR count). The molecule has 0 N–H and O–H groups in total. The van der Waals surface area contributed by atoms with Gasteiger partial charge in [-0.2, -0.15) is 0 Å². The van der Waals surface area contributed by atoms with Gasteiger partial charge in [-0.3, -0.25) is 14.4 Å². The fraction of sp³-hybridized carbons (Fsp3) is 0.784. The third-order valence-corrected chi connectivity index (χ3v) is 10.3. The number of rotatable bonds is 43. The van der Waals surface area contributed by atoms with Gasteiger partial charge in [-0.05, 0) is 83.5 Å². The Balaban J connectivity index is 4.29. The van der Waals surface area contributed by atoms with E-state index in [0.29, 0.717) is 19.3 Å². The highest BCUT2D eigenvalue weighted by Gasteiger charge is 2.19. The number of hydrogen-bond donors (Lipinski definition) is 0. The summed E-state index contributed by atoms with van der Waals surface area (Å²) >= 11 is 0. The third kappa shape index (κ3) is 44.3. The van der Waals surface area contributed by atoms with E-state index in [-0.39, 0.29) is 31.1 Å². The molecule has 0 aromatic carbocycles. The summed E-state index contributed by atoms with van der Waals surface area (Å²) in [5.74, 6) is -0.914. The van der Waals surface area contributed by atoms with E-state index in [4.69, 9.17) is 14.2 Å². The Morgan fingerprint density at radius 1 is 0.351 bits per heavy atom. The van der Waals surface area contributed by atoms with Gasteiger partial charge in [0.2, 0.25) is 0 Å². The number of allylic oxidation sites excluding steroid dienone is 8. The van der Waals surface area contributed by atoms with Crippen LogP contribution in [0.15, 0.2) is 48.6 Å². The average Bonchev–Trinajstić information content (AvgIpc) is 3.21. The molecule has 0 spiro atoms. The Hall–Kier alpha value is -2.63. The maximum Gasteiger partial charge on any atom is 0.306 e. The van der Waals surface area contributed by atoms with Crippen molar-refractivity contribution in [3.63, 3.8) is 0 Å². The van der Waals surface area contributed by atoms with E-state index in [1.54, 1.807) is 0 Å². The Kier molecular flexibility index (Phi) is 43.9. The van der Waals surface area contributed by atoms with Crippen molar-refractivity contribution < 1.29 is 28.6 Å². The SMILES string of the molecule is CCCC/C=C\CCCCCCC(=O)OCC(COC(=O)CCCCCCCCCCCC/C=C\C=C/CCCCC)OC(=O)CCCCCC/C=C\CCCC. The Bertz CT molecular complexity index is 1010. The topological polar surface area (TPSA) is 78.9 Å². The van der Waals surface area contributed by atoms with Crippen LogP contribution in [0.3, 0.4) is 0 Å². The Morgan fingerprint density at radius 2 is 0.649 bits per heavy atom. The van der Waals surface area contributed by atoms with Crippen LogP contribution in [0.25, 0.3) is 0 Å². The van der Waals surface area contributed by atoms with Crippen LogP contribution < -0.4 is 0 Å². The molecule has 0 fully saturated rings. The predicted octanol–water partition coefficient (Wildman–Crippen LogP) is 15.5.